The van der Waals surface area contributed by atoms with Crippen LogP contribution in [0, 0.1) is 6.92 Å². The highest BCUT2D eigenvalue weighted by Crippen LogP contribution is 2.40. The van der Waals surface area contributed by atoms with E-state index in [9.17, 15) is 4.79 Å². The van der Waals surface area contributed by atoms with Crippen molar-refractivity contribution in [3.8, 4) is 0 Å². The zero-order chi connectivity index (χ0) is 14.1. The number of hydrogen-bond donors (Lipinski definition) is 1. The molecule has 0 unspecified atom stereocenters. The van der Waals surface area contributed by atoms with Crippen molar-refractivity contribution in [1.82, 2.24) is 10.3 Å². The van der Waals surface area contributed by atoms with Gasteiger partial charge in [0.15, 0.2) is 0 Å². The summed E-state index contributed by atoms with van der Waals surface area (Å²) in [5, 5.41) is 3.00. The van der Waals surface area contributed by atoms with Crippen LogP contribution in [0.3, 0.4) is 0 Å². The van der Waals surface area contributed by atoms with E-state index in [4.69, 9.17) is 4.74 Å². The van der Waals surface area contributed by atoms with Crippen molar-refractivity contribution in [2.75, 3.05) is 0 Å². The van der Waals surface area contributed by atoms with E-state index in [1.807, 2.05) is 46.0 Å². The highest BCUT2D eigenvalue weighted by atomic mass is 16.6. The van der Waals surface area contributed by atoms with Crippen molar-refractivity contribution < 1.29 is 9.53 Å². The number of alkyl carbamates (subject to hydrolysis) is 1. The molecule has 1 heterocycles. The molecule has 104 valence electrons. The van der Waals surface area contributed by atoms with Gasteiger partial charge in [0.05, 0.1) is 11.2 Å². The molecule has 0 aromatic carbocycles. The van der Waals surface area contributed by atoms with Crippen LogP contribution in [0.2, 0.25) is 0 Å². The number of rotatable bonds is 2. The van der Waals surface area contributed by atoms with E-state index in [0.717, 1.165) is 30.5 Å². The molecule has 1 aliphatic rings. The maximum Gasteiger partial charge on any atom is 0.408 e. The van der Waals surface area contributed by atoms with E-state index in [-0.39, 0.29) is 11.6 Å². The summed E-state index contributed by atoms with van der Waals surface area (Å²) in [5.41, 5.74) is 1.23. The van der Waals surface area contributed by atoms with Gasteiger partial charge in [0.1, 0.15) is 5.60 Å². The van der Waals surface area contributed by atoms with Crippen LogP contribution in [0.1, 0.15) is 51.3 Å². The largest absolute Gasteiger partial charge is 0.444 e. The van der Waals surface area contributed by atoms with Crippen LogP contribution in [0.15, 0.2) is 18.3 Å². The van der Waals surface area contributed by atoms with Gasteiger partial charge in [-0.2, -0.15) is 0 Å². The fourth-order valence-corrected chi connectivity index (χ4v) is 2.23. The lowest BCUT2D eigenvalue weighted by Crippen LogP contribution is -2.52. The molecule has 0 aliphatic heterocycles. The monoisotopic (exact) mass is 262 g/mol. The van der Waals surface area contributed by atoms with Crippen LogP contribution >= 0.6 is 0 Å². The average Bonchev–Trinajstić information content (AvgIpc) is 2.22. The maximum absolute atomic E-state index is 11.9. The summed E-state index contributed by atoms with van der Waals surface area (Å²) in [6.45, 7) is 7.60. The minimum atomic E-state index is -0.476. The summed E-state index contributed by atoms with van der Waals surface area (Å²) in [4.78, 5) is 16.4. The number of ether oxygens (including phenoxy) is 1. The number of nitrogens with zero attached hydrogens (tertiary/aromatic N) is 1. The smallest absolute Gasteiger partial charge is 0.408 e. The van der Waals surface area contributed by atoms with Crippen molar-refractivity contribution in [3.05, 3.63) is 29.6 Å². The number of amides is 1. The second-order valence-electron chi connectivity index (χ2n) is 6.28. The van der Waals surface area contributed by atoms with Gasteiger partial charge in [0.2, 0.25) is 0 Å². The van der Waals surface area contributed by atoms with Gasteiger partial charge in [-0.1, -0.05) is 6.07 Å². The van der Waals surface area contributed by atoms with Crippen molar-refractivity contribution in [1.29, 1.82) is 0 Å². The Bertz CT molecular complexity index is 456. The second-order valence-corrected chi connectivity index (χ2v) is 6.28. The third kappa shape index (κ3) is 3.25. The highest BCUT2D eigenvalue weighted by molar-refractivity contribution is 5.69. The van der Waals surface area contributed by atoms with Crippen LogP contribution in [-0.2, 0) is 10.3 Å². The number of pyridine rings is 1. The Morgan fingerprint density at radius 3 is 2.47 bits per heavy atom. The Morgan fingerprint density at radius 2 is 2.05 bits per heavy atom. The predicted octanol–water partition coefficient (Wildman–Crippen LogP) is 3.29. The number of nitrogens with one attached hydrogen (secondary N) is 1. The summed E-state index contributed by atoms with van der Waals surface area (Å²) in [6.07, 6.45) is 4.41. The number of carbonyl (C=O) groups excluding carboxylic acids is 1. The molecule has 1 aromatic heterocycles. The standard InChI is InChI=1S/C15H22N2O2/c1-11-6-7-12(16-10-11)15(8-5-9-15)17-13(18)19-14(2,3)4/h6-7,10H,5,8-9H2,1-4H3,(H,17,18). The Hall–Kier alpha value is -1.58. The number of carbonyl (C=O) groups is 1. The molecule has 0 saturated heterocycles. The van der Waals surface area contributed by atoms with E-state index in [1.54, 1.807) is 0 Å². The molecule has 1 N–H and O–H groups in total. The molecule has 0 atom stereocenters. The molecule has 2 rings (SSSR count). The topological polar surface area (TPSA) is 51.2 Å². The lowest BCUT2D eigenvalue weighted by molar-refractivity contribution is 0.0371. The van der Waals surface area contributed by atoms with Crippen molar-refractivity contribution in [2.45, 2.75) is 58.1 Å². The first-order valence-electron chi connectivity index (χ1n) is 6.75. The Labute approximate surface area is 114 Å². The highest BCUT2D eigenvalue weighted by Gasteiger charge is 2.42. The van der Waals surface area contributed by atoms with Crippen molar-refractivity contribution in [3.63, 3.8) is 0 Å². The molecule has 19 heavy (non-hydrogen) atoms. The van der Waals surface area contributed by atoms with Gasteiger partial charge in [-0.15, -0.1) is 0 Å². The van der Waals surface area contributed by atoms with Crippen LogP contribution in [0.4, 0.5) is 4.79 Å². The van der Waals surface area contributed by atoms with Gasteiger partial charge < -0.3 is 10.1 Å². The van der Waals surface area contributed by atoms with Gasteiger partial charge >= 0.3 is 6.09 Å². The predicted molar refractivity (Wildman–Crippen MR) is 73.9 cm³/mol. The van der Waals surface area contributed by atoms with Crippen LogP contribution in [0.5, 0.6) is 0 Å². The Morgan fingerprint density at radius 1 is 1.37 bits per heavy atom. The van der Waals surface area contributed by atoms with Crippen LogP contribution < -0.4 is 5.32 Å². The molecule has 4 nitrogen and oxygen atoms in total. The van der Waals surface area contributed by atoms with Crippen molar-refractivity contribution in [2.24, 2.45) is 0 Å². The maximum atomic E-state index is 11.9. The summed E-state index contributed by atoms with van der Waals surface area (Å²) < 4.78 is 5.34. The third-order valence-corrected chi connectivity index (χ3v) is 3.35. The van der Waals surface area contributed by atoms with Crippen LogP contribution in [-0.4, -0.2) is 16.7 Å². The SMILES string of the molecule is Cc1ccc(C2(NC(=O)OC(C)(C)C)CCC2)nc1. The minimum absolute atomic E-state index is 0.337. The third-order valence-electron chi connectivity index (χ3n) is 3.35. The van der Waals surface area contributed by atoms with Crippen molar-refractivity contribution >= 4 is 6.09 Å². The average molecular weight is 262 g/mol. The summed E-state index contributed by atoms with van der Waals surface area (Å²) >= 11 is 0. The second kappa shape index (κ2) is 4.83. The molecule has 0 spiro atoms. The van der Waals surface area contributed by atoms with Gasteiger partial charge in [-0.3, -0.25) is 4.98 Å². The quantitative estimate of drug-likeness (QED) is 0.889. The fourth-order valence-electron chi connectivity index (χ4n) is 2.23. The van der Waals surface area contributed by atoms with Crippen LogP contribution in [0.25, 0.3) is 0 Å². The summed E-state index contributed by atoms with van der Waals surface area (Å²) in [6, 6.07) is 4.02. The molecule has 4 heteroatoms. The fraction of sp³-hybridized carbons (Fsp3) is 0.600. The molecule has 1 saturated carbocycles. The van der Waals surface area contributed by atoms with E-state index >= 15 is 0 Å². The number of hydrogen-bond acceptors (Lipinski definition) is 3. The lowest BCUT2D eigenvalue weighted by atomic mass is 9.74. The Balaban J connectivity index is 2.11. The molecule has 1 aromatic rings. The molecule has 1 amide bonds. The van der Waals surface area contributed by atoms with E-state index in [2.05, 4.69) is 10.3 Å². The van der Waals surface area contributed by atoms with Gasteiger partial charge in [-0.05, 0) is 58.6 Å². The summed E-state index contributed by atoms with van der Waals surface area (Å²) in [7, 11) is 0. The lowest BCUT2D eigenvalue weighted by Gasteiger charge is -2.42. The Kier molecular flexibility index (Phi) is 3.52. The number of aryl methyl sites for hydroxylation is 1. The van der Waals surface area contributed by atoms with E-state index in [1.165, 1.54) is 0 Å². The minimum Gasteiger partial charge on any atom is -0.444 e. The van der Waals surface area contributed by atoms with E-state index < -0.39 is 5.60 Å². The van der Waals surface area contributed by atoms with E-state index in [0.29, 0.717) is 0 Å². The molecule has 1 aliphatic carbocycles. The first kappa shape index (κ1) is 13.8. The number of aromatic nitrogens is 1. The first-order valence-corrected chi connectivity index (χ1v) is 6.75. The molecular weight excluding hydrogens is 240 g/mol. The molecular formula is C15H22N2O2. The van der Waals surface area contributed by atoms with Gasteiger partial charge in [-0.25, -0.2) is 4.79 Å². The molecule has 0 bridgehead atoms. The zero-order valence-corrected chi connectivity index (χ0v) is 12.1. The first-order chi connectivity index (χ1) is 8.81. The van der Waals surface area contributed by atoms with Gasteiger partial charge in [0, 0.05) is 6.20 Å². The molecule has 1 fully saturated rings. The molecule has 0 radical (unpaired) electrons. The normalized spacial score (nSPS) is 17.5. The zero-order valence-electron chi connectivity index (χ0n) is 12.1. The summed E-state index contributed by atoms with van der Waals surface area (Å²) in [5.74, 6) is 0. The van der Waals surface area contributed by atoms with Gasteiger partial charge in [0.25, 0.3) is 0 Å².